The van der Waals surface area contributed by atoms with Crippen LogP contribution in [0.4, 0.5) is 0 Å². The number of carbonyl (C=O) groups is 1. The van der Waals surface area contributed by atoms with Gasteiger partial charge in [0.05, 0.1) is 19.1 Å². The summed E-state index contributed by atoms with van der Waals surface area (Å²) in [7, 11) is 0. The minimum absolute atomic E-state index is 0. The maximum absolute atomic E-state index is 12.6. The van der Waals surface area contributed by atoms with E-state index in [4.69, 9.17) is 9.99 Å². The van der Waals surface area contributed by atoms with E-state index >= 15 is 0 Å². The highest BCUT2D eigenvalue weighted by molar-refractivity contribution is 5.72. The SMILES string of the molecule is CCCCCC1CCC(C2CCC(C(=O)OCC(C)C3CCCCC3)CC2)CC1.CCCCCC1CCC(C2CCC(COO)CC2)CC1.O.O.O.[HH].[HH]. The van der Waals surface area contributed by atoms with Crippen LogP contribution in [-0.4, -0.2) is 40.9 Å². The first-order valence-corrected chi connectivity index (χ1v) is 22.4. The van der Waals surface area contributed by atoms with Crippen molar-refractivity contribution in [3.63, 3.8) is 0 Å². The van der Waals surface area contributed by atoms with Gasteiger partial charge in [-0.3, -0.25) is 10.1 Å². The Bertz CT molecular complexity index is 843. The van der Waals surface area contributed by atoms with Crippen molar-refractivity contribution in [1.82, 2.24) is 0 Å². The highest BCUT2D eigenvalue weighted by Gasteiger charge is 2.34. The molecule has 1 atom stereocenters. The lowest BCUT2D eigenvalue weighted by Gasteiger charge is -2.37. The number of hydrogen-bond donors (Lipinski definition) is 1. The van der Waals surface area contributed by atoms with Crippen molar-refractivity contribution in [1.29, 1.82) is 0 Å². The summed E-state index contributed by atoms with van der Waals surface area (Å²) in [4.78, 5) is 16.9. The van der Waals surface area contributed by atoms with E-state index in [1.165, 1.54) is 173 Å². The van der Waals surface area contributed by atoms with Gasteiger partial charge in [0.25, 0.3) is 0 Å². The van der Waals surface area contributed by atoms with Gasteiger partial charge in [0.2, 0.25) is 0 Å². The first-order chi connectivity index (χ1) is 24.0. The Kier molecular flexibility index (Phi) is 27.2. The molecule has 52 heavy (non-hydrogen) atoms. The lowest BCUT2D eigenvalue weighted by Crippen LogP contribution is -2.30. The smallest absolute Gasteiger partial charge is 0.308 e. The zero-order valence-electron chi connectivity index (χ0n) is 34.4. The van der Waals surface area contributed by atoms with Crippen LogP contribution >= 0.6 is 0 Å². The van der Waals surface area contributed by atoms with E-state index in [1.54, 1.807) is 0 Å². The molecule has 1 unspecified atom stereocenters. The minimum atomic E-state index is 0. The summed E-state index contributed by atoms with van der Waals surface area (Å²) in [6, 6.07) is 0. The number of rotatable bonds is 16. The van der Waals surface area contributed by atoms with Crippen molar-refractivity contribution in [3.05, 3.63) is 0 Å². The quantitative estimate of drug-likeness (QED) is 0.0724. The van der Waals surface area contributed by atoms with Gasteiger partial charge in [-0.2, -0.15) is 0 Å². The summed E-state index contributed by atoms with van der Waals surface area (Å²) in [5, 5.41) is 8.55. The molecular formula is C45H92O7. The standard InChI is InChI=1S/C27H48O2.C18H34O2.3H2O.2H2/c1-3-4-6-9-22-12-14-24(15-13-22)25-16-18-26(19-17-25)27(28)29-20-21(2)23-10-7-5-8-11-23;1-2-3-4-5-15-6-10-17(11-7-15)18-12-8-16(9-13-18)14-20-19;;;;;/h21-26H,3-20H2,1-2H3;15-19H,2-14H2,1H3;3*1H2;2*1H. The fourth-order valence-corrected chi connectivity index (χ4v) is 11.2. The Balaban J connectivity index is 0. The lowest BCUT2D eigenvalue weighted by molar-refractivity contribution is -0.252. The molecule has 7 heteroatoms. The molecule has 5 saturated carbocycles. The Hall–Kier alpha value is -0.730. The van der Waals surface area contributed by atoms with Crippen LogP contribution < -0.4 is 0 Å². The zero-order valence-corrected chi connectivity index (χ0v) is 34.4. The van der Waals surface area contributed by atoms with Crippen molar-refractivity contribution < 1.29 is 39.0 Å². The molecule has 7 nitrogen and oxygen atoms in total. The zero-order chi connectivity index (χ0) is 34.7. The van der Waals surface area contributed by atoms with E-state index in [0.29, 0.717) is 25.0 Å². The molecule has 0 bridgehead atoms. The van der Waals surface area contributed by atoms with E-state index in [9.17, 15) is 4.79 Å². The molecule has 7 N–H and O–H groups in total. The summed E-state index contributed by atoms with van der Waals surface area (Å²) in [6.07, 6.45) is 40.0. The van der Waals surface area contributed by atoms with Crippen LogP contribution in [0.15, 0.2) is 0 Å². The van der Waals surface area contributed by atoms with Crippen LogP contribution in [0.25, 0.3) is 0 Å². The van der Waals surface area contributed by atoms with E-state index in [0.717, 1.165) is 54.3 Å². The Morgan fingerprint density at radius 2 is 0.981 bits per heavy atom. The van der Waals surface area contributed by atoms with Gasteiger partial charge < -0.3 is 21.2 Å². The molecule has 0 aromatic carbocycles. The normalized spacial score (nSPS) is 31.7. The van der Waals surface area contributed by atoms with Gasteiger partial charge in [-0.05, 0) is 130 Å². The number of unbranched alkanes of at least 4 members (excludes halogenated alkanes) is 4. The van der Waals surface area contributed by atoms with E-state index in [2.05, 4.69) is 25.7 Å². The van der Waals surface area contributed by atoms with Crippen molar-refractivity contribution in [2.24, 2.45) is 59.2 Å². The summed E-state index contributed by atoms with van der Waals surface area (Å²) >= 11 is 0. The van der Waals surface area contributed by atoms with Gasteiger partial charge in [0.15, 0.2) is 0 Å². The third kappa shape index (κ3) is 17.4. The number of esters is 1. The molecule has 0 aromatic rings. The van der Waals surface area contributed by atoms with Gasteiger partial charge in [-0.15, -0.1) is 0 Å². The van der Waals surface area contributed by atoms with Crippen LogP contribution in [0, 0.1) is 59.2 Å². The monoisotopic (exact) mass is 745 g/mol. The third-order valence-electron chi connectivity index (χ3n) is 14.8. The van der Waals surface area contributed by atoms with Crippen molar-refractivity contribution in [2.45, 2.75) is 207 Å². The fraction of sp³-hybridized carbons (Fsp3) is 0.978. The molecule has 5 rings (SSSR count). The number of carbonyl (C=O) groups excluding carboxylic acids is 1. The van der Waals surface area contributed by atoms with Crippen LogP contribution in [0.2, 0.25) is 0 Å². The van der Waals surface area contributed by atoms with Crippen LogP contribution in [0.1, 0.15) is 210 Å². The van der Waals surface area contributed by atoms with Crippen LogP contribution in [0.5, 0.6) is 0 Å². The first kappa shape index (κ1) is 49.3. The molecule has 5 aliphatic carbocycles. The van der Waals surface area contributed by atoms with Crippen molar-refractivity contribution in [3.8, 4) is 0 Å². The van der Waals surface area contributed by atoms with Gasteiger partial charge in [0.1, 0.15) is 0 Å². The average molecular weight is 745 g/mol. The highest BCUT2D eigenvalue weighted by Crippen LogP contribution is 2.44. The Labute approximate surface area is 323 Å². The molecular weight excluding hydrogens is 652 g/mol. The molecule has 5 aliphatic rings. The molecule has 5 fully saturated rings. The number of hydrogen-bond acceptors (Lipinski definition) is 4. The summed E-state index contributed by atoms with van der Waals surface area (Å²) in [5.41, 5.74) is 0. The molecule has 0 amide bonds. The summed E-state index contributed by atoms with van der Waals surface area (Å²) in [6.45, 7) is 8.11. The molecule has 314 valence electrons. The van der Waals surface area contributed by atoms with Gasteiger partial charge in [-0.1, -0.05) is 130 Å². The third-order valence-corrected chi connectivity index (χ3v) is 14.8. The lowest BCUT2D eigenvalue weighted by atomic mass is 9.68. The van der Waals surface area contributed by atoms with Crippen molar-refractivity contribution >= 4 is 5.97 Å². The van der Waals surface area contributed by atoms with Crippen LogP contribution in [-0.2, 0) is 14.4 Å². The second-order valence-corrected chi connectivity index (χ2v) is 18.2. The molecule has 0 spiro atoms. The Morgan fingerprint density at radius 1 is 0.577 bits per heavy atom. The van der Waals surface area contributed by atoms with Crippen LogP contribution in [0.3, 0.4) is 0 Å². The fourth-order valence-electron chi connectivity index (χ4n) is 11.2. The predicted molar refractivity (Wildman–Crippen MR) is 220 cm³/mol. The largest absolute Gasteiger partial charge is 0.465 e. The second-order valence-electron chi connectivity index (χ2n) is 18.2. The molecule has 0 aromatic heterocycles. The topological polar surface area (TPSA) is 150 Å². The molecule has 0 heterocycles. The summed E-state index contributed by atoms with van der Waals surface area (Å²) < 4.78 is 5.80. The molecule has 0 radical (unpaired) electrons. The predicted octanol–water partition coefficient (Wildman–Crippen LogP) is 11.6. The summed E-state index contributed by atoms with van der Waals surface area (Å²) in [5.74, 6) is 8.11. The van der Waals surface area contributed by atoms with Gasteiger partial charge in [0, 0.05) is 2.85 Å². The molecule has 0 aliphatic heterocycles. The van der Waals surface area contributed by atoms with Gasteiger partial charge >= 0.3 is 5.97 Å². The first-order valence-electron chi connectivity index (χ1n) is 22.4. The van der Waals surface area contributed by atoms with Gasteiger partial charge in [-0.25, -0.2) is 4.89 Å². The minimum Gasteiger partial charge on any atom is -0.465 e. The van der Waals surface area contributed by atoms with Crippen molar-refractivity contribution in [2.75, 3.05) is 13.2 Å². The average Bonchev–Trinajstić information content (AvgIpc) is 3.16. The maximum Gasteiger partial charge on any atom is 0.308 e. The highest BCUT2D eigenvalue weighted by atomic mass is 17.1. The number of ether oxygens (including phenoxy) is 1. The second kappa shape index (κ2) is 28.6. The van der Waals surface area contributed by atoms with E-state index in [-0.39, 0.29) is 31.2 Å². The van der Waals surface area contributed by atoms with E-state index < -0.39 is 0 Å². The maximum atomic E-state index is 12.6. The van der Waals surface area contributed by atoms with E-state index in [1.807, 2.05) is 0 Å². The Morgan fingerprint density at radius 3 is 1.38 bits per heavy atom. The molecule has 0 saturated heterocycles.